The van der Waals surface area contributed by atoms with Crippen molar-refractivity contribution >= 4 is 17.4 Å². The van der Waals surface area contributed by atoms with E-state index in [1.54, 1.807) is 23.9 Å². The number of non-ortho nitro benzene ring substituents is 1. The van der Waals surface area contributed by atoms with Gasteiger partial charge in [0.25, 0.3) is 5.69 Å². The van der Waals surface area contributed by atoms with Gasteiger partial charge < -0.3 is 0 Å². The molecule has 0 atom stereocenters. The van der Waals surface area contributed by atoms with E-state index in [0.29, 0.717) is 16.5 Å². The predicted octanol–water partition coefficient (Wildman–Crippen LogP) is 4.09. The van der Waals surface area contributed by atoms with Crippen LogP contribution in [0.15, 0.2) is 41.4 Å². The summed E-state index contributed by atoms with van der Waals surface area (Å²) in [5.74, 6) is 0. The molecular formula is C15H15N3O2S. The second kappa shape index (κ2) is 6.22. The summed E-state index contributed by atoms with van der Waals surface area (Å²) in [6.45, 7) is 0. The van der Waals surface area contributed by atoms with Crippen LogP contribution in [0, 0.1) is 10.1 Å². The molecular weight excluding hydrogens is 286 g/mol. The van der Waals surface area contributed by atoms with Crippen molar-refractivity contribution in [3.05, 3.63) is 46.5 Å². The highest BCUT2D eigenvalue weighted by Crippen LogP contribution is 2.33. The molecule has 0 spiro atoms. The molecule has 0 radical (unpaired) electrons. The number of nitro groups is 1. The zero-order chi connectivity index (χ0) is 14.7. The average molecular weight is 301 g/mol. The molecule has 3 rings (SSSR count). The Morgan fingerprint density at radius 2 is 1.95 bits per heavy atom. The molecule has 0 aliphatic heterocycles. The fourth-order valence-corrected chi connectivity index (χ4v) is 3.64. The highest BCUT2D eigenvalue weighted by atomic mass is 32.2. The lowest BCUT2D eigenvalue weighted by atomic mass is 10.1. The van der Waals surface area contributed by atoms with Crippen LogP contribution in [0.5, 0.6) is 0 Å². The van der Waals surface area contributed by atoms with Gasteiger partial charge in [0.1, 0.15) is 5.03 Å². The van der Waals surface area contributed by atoms with Crippen LogP contribution in [0.25, 0.3) is 11.3 Å². The molecule has 0 amide bonds. The third-order valence-corrected chi connectivity index (χ3v) is 4.85. The quantitative estimate of drug-likeness (QED) is 0.628. The third-order valence-electron chi connectivity index (χ3n) is 3.58. The largest absolute Gasteiger partial charge is 0.270 e. The molecule has 0 N–H and O–H groups in total. The van der Waals surface area contributed by atoms with Gasteiger partial charge in [-0.15, -0.1) is 22.0 Å². The van der Waals surface area contributed by atoms with Crippen molar-refractivity contribution in [3.63, 3.8) is 0 Å². The number of rotatable bonds is 4. The summed E-state index contributed by atoms with van der Waals surface area (Å²) >= 11 is 1.78. The van der Waals surface area contributed by atoms with Crippen LogP contribution in [0.4, 0.5) is 5.69 Å². The lowest BCUT2D eigenvalue weighted by molar-refractivity contribution is -0.384. The van der Waals surface area contributed by atoms with Crippen LogP contribution in [0.1, 0.15) is 25.7 Å². The summed E-state index contributed by atoms with van der Waals surface area (Å²) in [5, 5.41) is 20.8. The normalized spacial score (nSPS) is 15.2. The maximum atomic E-state index is 10.8. The van der Waals surface area contributed by atoms with E-state index in [2.05, 4.69) is 10.2 Å². The fraction of sp³-hybridized carbons (Fsp3) is 0.333. The van der Waals surface area contributed by atoms with Crippen molar-refractivity contribution in [1.29, 1.82) is 0 Å². The van der Waals surface area contributed by atoms with Crippen LogP contribution < -0.4 is 0 Å². The first-order chi connectivity index (χ1) is 10.2. The monoisotopic (exact) mass is 301 g/mol. The lowest BCUT2D eigenvalue weighted by Crippen LogP contribution is -1.96. The van der Waals surface area contributed by atoms with E-state index in [1.807, 2.05) is 12.1 Å². The first-order valence-electron chi connectivity index (χ1n) is 6.97. The number of nitrogens with zero attached hydrogens (tertiary/aromatic N) is 3. The minimum Gasteiger partial charge on any atom is -0.258 e. The Labute approximate surface area is 126 Å². The van der Waals surface area contributed by atoms with Crippen molar-refractivity contribution in [1.82, 2.24) is 10.2 Å². The van der Waals surface area contributed by atoms with Gasteiger partial charge in [-0.3, -0.25) is 10.1 Å². The highest BCUT2D eigenvalue weighted by molar-refractivity contribution is 7.99. The van der Waals surface area contributed by atoms with E-state index in [0.717, 1.165) is 5.03 Å². The molecule has 1 aliphatic rings. The fourth-order valence-electron chi connectivity index (χ4n) is 2.49. The highest BCUT2D eigenvalue weighted by Gasteiger charge is 2.17. The molecule has 1 aliphatic carbocycles. The Hall–Kier alpha value is -1.95. The van der Waals surface area contributed by atoms with Crippen LogP contribution in [0.3, 0.4) is 0 Å². The number of thioether (sulfide) groups is 1. The second-order valence-corrected chi connectivity index (χ2v) is 6.41. The van der Waals surface area contributed by atoms with Gasteiger partial charge in [0.15, 0.2) is 0 Å². The predicted molar refractivity (Wildman–Crippen MR) is 82.2 cm³/mol. The van der Waals surface area contributed by atoms with Gasteiger partial charge >= 0.3 is 0 Å². The Kier molecular flexibility index (Phi) is 4.15. The van der Waals surface area contributed by atoms with Crippen LogP contribution in [-0.4, -0.2) is 20.4 Å². The zero-order valence-corrected chi connectivity index (χ0v) is 12.3. The van der Waals surface area contributed by atoms with Crippen LogP contribution in [0.2, 0.25) is 0 Å². The summed E-state index contributed by atoms with van der Waals surface area (Å²) in [4.78, 5) is 10.4. The van der Waals surface area contributed by atoms with Gasteiger partial charge in [-0.2, -0.15) is 0 Å². The molecule has 5 nitrogen and oxygen atoms in total. The Morgan fingerprint density at radius 1 is 1.14 bits per heavy atom. The average Bonchev–Trinajstić information content (AvgIpc) is 3.01. The first kappa shape index (κ1) is 14.0. The van der Waals surface area contributed by atoms with Gasteiger partial charge in [0, 0.05) is 22.9 Å². The summed E-state index contributed by atoms with van der Waals surface area (Å²) in [6, 6.07) is 10.3. The molecule has 0 bridgehead atoms. The molecule has 0 saturated heterocycles. The van der Waals surface area contributed by atoms with Gasteiger partial charge in [-0.25, -0.2) is 0 Å². The van der Waals surface area contributed by atoms with Crippen molar-refractivity contribution < 1.29 is 4.92 Å². The summed E-state index contributed by atoms with van der Waals surface area (Å²) in [6.07, 6.45) is 5.10. The van der Waals surface area contributed by atoms with Gasteiger partial charge in [-0.1, -0.05) is 25.0 Å². The summed E-state index contributed by atoms with van der Waals surface area (Å²) in [7, 11) is 0. The summed E-state index contributed by atoms with van der Waals surface area (Å²) in [5.41, 5.74) is 1.45. The van der Waals surface area contributed by atoms with Crippen LogP contribution in [-0.2, 0) is 0 Å². The van der Waals surface area contributed by atoms with E-state index < -0.39 is 4.92 Å². The van der Waals surface area contributed by atoms with Gasteiger partial charge in [-0.05, 0) is 25.0 Å². The molecule has 6 heteroatoms. The van der Waals surface area contributed by atoms with E-state index in [1.165, 1.54) is 37.8 Å². The van der Waals surface area contributed by atoms with E-state index >= 15 is 0 Å². The SMILES string of the molecule is O=[N+]([O-])c1cccc(-c2ccc(SC3CCCC3)nn2)c1. The third kappa shape index (κ3) is 3.39. The summed E-state index contributed by atoms with van der Waals surface area (Å²) < 4.78 is 0. The molecule has 1 heterocycles. The van der Waals surface area contributed by atoms with Gasteiger partial charge in [0.2, 0.25) is 0 Å². The lowest BCUT2D eigenvalue weighted by Gasteiger charge is -2.07. The molecule has 2 aromatic rings. The van der Waals surface area contributed by atoms with Crippen molar-refractivity contribution in [3.8, 4) is 11.3 Å². The minimum atomic E-state index is -0.402. The van der Waals surface area contributed by atoms with Crippen LogP contribution >= 0.6 is 11.8 Å². The van der Waals surface area contributed by atoms with E-state index in [-0.39, 0.29) is 5.69 Å². The minimum absolute atomic E-state index is 0.0682. The molecule has 0 unspecified atom stereocenters. The number of hydrogen-bond acceptors (Lipinski definition) is 5. The number of aromatic nitrogens is 2. The van der Waals surface area contributed by atoms with Gasteiger partial charge in [0.05, 0.1) is 10.6 Å². The molecule has 1 saturated carbocycles. The standard InChI is InChI=1S/C15H15N3O2S/c19-18(20)12-5-3-4-11(10-12)14-8-9-15(17-16-14)21-13-6-1-2-7-13/h3-5,8-10,13H,1-2,6-7H2. The number of nitro benzene ring substituents is 1. The molecule has 1 aromatic carbocycles. The Bertz CT molecular complexity index is 640. The Balaban J connectivity index is 1.77. The molecule has 21 heavy (non-hydrogen) atoms. The molecule has 1 aromatic heterocycles. The molecule has 1 fully saturated rings. The maximum absolute atomic E-state index is 10.8. The smallest absolute Gasteiger partial charge is 0.258 e. The van der Waals surface area contributed by atoms with E-state index in [4.69, 9.17) is 0 Å². The van der Waals surface area contributed by atoms with Crippen molar-refractivity contribution in [2.24, 2.45) is 0 Å². The zero-order valence-electron chi connectivity index (χ0n) is 11.4. The Morgan fingerprint density at radius 3 is 2.62 bits per heavy atom. The number of hydrogen-bond donors (Lipinski definition) is 0. The maximum Gasteiger partial charge on any atom is 0.270 e. The second-order valence-electron chi connectivity index (χ2n) is 5.09. The number of benzene rings is 1. The molecule has 108 valence electrons. The first-order valence-corrected chi connectivity index (χ1v) is 7.85. The van der Waals surface area contributed by atoms with E-state index in [9.17, 15) is 10.1 Å². The topological polar surface area (TPSA) is 68.9 Å². The van der Waals surface area contributed by atoms with Crippen molar-refractivity contribution in [2.75, 3.05) is 0 Å². The van der Waals surface area contributed by atoms with Crippen molar-refractivity contribution in [2.45, 2.75) is 36.0 Å².